The van der Waals surface area contributed by atoms with Gasteiger partial charge in [-0.25, -0.2) is 8.42 Å². The maximum atomic E-state index is 11.6. The van der Waals surface area contributed by atoms with Crippen LogP contribution in [0.15, 0.2) is 23.1 Å². The standard InChI is InChI=1S/C13H20N2O5S/c1-3-9-20-10-5-8-14-11-6-4-7-12(21(2,18)19)13(11)15(16)17/h4,6-7,14H,3,5,8-10H2,1-2H3. The number of nitrogens with one attached hydrogen (secondary N) is 1. The lowest BCUT2D eigenvalue weighted by atomic mass is 10.2. The van der Waals surface area contributed by atoms with E-state index in [9.17, 15) is 18.5 Å². The van der Waals surface area contributed by atoms with Crippen LogP contribution in [0, 0.1) is 10.1 Å². The molecule has 0 bridgehead atoms. The van der Waals surface area contributed by atoms with Crippen molar-refractivity contribution in [3.05, 3.63) is 28.3 Å². The predicted octanol–water partition coefficient (Wildman–Crippen LogP) is 2.23. The molecule has 0 unspecified atom stereocenters. The molecule has 0 amide bonds. The Morgan fingerprint density at radius 2 is 2.05 bits per heavy atom. The van der Waals surface area contributed by atoms with Crippen molar-refractivity contribution in [2.75, 3.05) is 31.3 Å². The molecule has 0 saturated heterocycles. The molecule has 0 aliphatic rings. The average Bonchev–Trinajstić information content (AvgIpc) is 2.41. The minimum absolute atomic E-state index is 0.207. The van der Waals surface area contributed by atoms with Gasteiger partial charge in [0.2, 0.25) is 0 Å². The number of anilines is 1. The summed E-state index contributed by atoms with van der Waals surface area (Å²) in [4.78, 5) is 10.2. The lowest BCUT2D eigenvalue weighted by Crippen LogP contribution is -2.10. The molecule has 0 radical (unpaired) electrons. The van der Waals surface area contributed by atoms with Crippen molar-refractivity contribution < 1.29 is 18.1 Å². The van der Waals surface area contributed by atoms with Gasteiger partial charge in [-0.15, -0.1) is 0 Å². The number of ether oxygens (including phenoxy) is 1. The first-order valence-electron chi connectivity index (χ1n) is 6.67. The van der Waals surface area contributed by atoms with Gasteiger partial charge in [0.25, 0.3) is 0 Å². The van der Waals surface area contributed by atoms with Crippen molar-refractivity contribution in [3.63, 3.8) is 0 Å². The van der Waals surface area contributed by atoms with Crippen molar-refractivity contribution in [1.82, 2.24) is 0 Å². The monoisotopic (exact) mass is 316 g/mol. The number of rotatable bonds is 9. The molecular formula is C13H20N2O5S. The highest BCUT2D eigenvalue weighted by Gasteiger charge is 2.25. The summed E-state index contributed by atoms with van der Waals surface area (Å²) < 4.78 is 28.5. The molecular weight excluding hydrogens is 296 g/mol. The fourth-order valence-electron chi connectivity index (χ4n) is 1.80. The van der Waals surface area contributed by atoms with Crippen LogP contribution in [-0.2, 0) is 14.6 Å². The molecule has 0 aliphatic heterocycles. The van der Waals surface area contributed by atoms with E-state index in [1.165, 1.54) is 18.2 Å². The number of benzene rings is 1. The number of nitrogens with zero attached hydrogens (tertiary/aromatic N) is 1. The Morgan fingerprint density at radius 3 is 2.62 bits per heavy atom. The van der Waals surface area contributed by atoms with Crippen LogP contribution in [0.1, 0.15) is 19.8 Å². The molecule has 0 spiro atoms. The van der Waals surface area contributed by atoms with Gasteiger partial charge in [0.1, 0.15) is 10.6 Å². The van der Waals surface area contributed by atoms with Crippen molar-refractivity contribution in [3.8, 4) is 0 Å². The zero-order valence-corrected chi connectivity index (χ0v) is 13.0. The van der Waals surface area contributed by atoms with Crippen LogP contribution in [0.2, 0.25) is 0 Å². The Balaban J connectivity index is 2.81. The lowest BCUT2D eigenvalue weighted by molar-refractivity contribution is -0.386. The second kappa shape index (κ2) is 7.94. The van der Waals surface area contributed by atoms with Crippen molar-refractivity contribution in [2.24, 2.45) is 0 Å². The second-order valence-electron chi connectivity index (χ2n) is 4.57. The third-order valence-corrected chi connectivity index (χ3v) is 3.84. The van der Waals surface area contributed by atoms with E-state index in [4.69, 9.17) is 4.74 Å². The van der Waals surface area contributed by atoms with E-state index in [0.717, 1.165) is 12.7 Å². The SMILES string of the molecule is CCCOCCCNc1cccc(S(C)(=O)=O)c1[N+](=O)[O-]. The molecule has 1 aromatic carbocycles. The predicted molar refractivity (Wildman–Crippen MR) is 80.4 cm³/mol. The van der Waals surface area contributed by atoms with E-state index in [1.807, 2.05) is 6.92 Å². The molecule has 0 heterocycles. The van der Waals surface area contributed by atoms with Gasteiger partial charge in [-0.05, 0) is 25.0 Å². The van der Waals surface area contributed by atoms with Crippen LogP contribution in [0.25, 0.3) is 0 Å². The summed E-state index contributed by atoms with van der Waals surface area (Å²) in [7, 11) is -3.65. The number of sulfone groups is 1. The van der Waals surface area contributed by atoms with Gasteiger partial charge in [-0.1, -0.05) is 13.0 Å². The van der Waals surface area contributed by atoms with Crippen LogP contribution in [-0.4, -0.2) is 39.4 Å². The summed E-state index contributed by atoms with van der Waals surface area (Å²) in [5, 5.41) is 14.0. The molecule has 21 heavy (non-hydrogen) atoms. The van der Waals surface area contributed by atoms with Crippen LogP contribution in [0.5, 0.6) is 0 Å². The Labute approximate surface area is 124 Å². The number of hydrogen-bond acceptors (Lipinski definition) is 6. The highest BCUT2D eigenvalue weighted by Crippen LogP contribution is 2.31. The number of hydrogen-bond donors (Lipinski definition) is 1. The van der Waals surface area contributed by atoms with Gasteiger partial charge >= 0.3 is 5.69 Å². The van der Waals surface area contributed by atoms with Crippen molar-refractivity contribution in [2.45, 2.75) is 24.7 Å². The van der Waals surface area contributed by atoms with Crippen molar-refractivity contribution >= 4 is 21.2 Å². The molecule has 8 heteroatoms. The fraction of sp³-hybridized carbons (Fsp3) is 0.538. The normalized spacial score (nSPS) is 11.3. The third-order valence-electron chi connectivity index (χ3n) is 2.71. The zero-order valence-electron chi connectivity index (χ0n) is 12.2. The zero-order chi connectivity index (χ0) is 15.9. The van der Waals surface area contributed by atoms with E-state index in [1.54, 1.807) is 0 Å². The molecule has 7 nitrogen and oxygen atoms in total. The molecule has 1 N–H and O–H groups in total. The Kier molecular flexibility index (Phi) is 6.57. The Morgan fingerprint density at radius 1 is 1.33 bits per heavy atom. The number of nitro groups is 1. The molecule has 118 valence electrons. The van der Waals surface area contributed by atoms with Crippen LogP contribution in [0.4, 0.5) is 11.4 Å². The van der Waals surface area contributed by atoms with Gasteiger partial charge in [-0.3, -0.25) is 10.1 Å². The fourth-order valence-corrected chi connectivity index (χ4v) is 2.66. The summed E-state index contributed by atoms with van der Waals surface area (Å²) >= 11 is 0. The van der Waals surface area contributed by atoms with Gasteiger partial charge < -0.3 is 10.1 Å². The van der Waals surface area contributed by atoms with Crippen LogP contribution >= 0.6 is 0 Å². The van der Waals surface area contributed by atoms with Gasteiger partial charge in [0.05, 0.1) is 4.92 Å². The molecule has 0 saturated carbocycles. The minimum atomic E-state index is -3.65. The maximum Gasteiger partial charge on any atom is 0.310 e. The van der Waals surface area contributed by atoms with E-state index in [2.05, 4.69) is 5.32 Å². The summed E-state index contributed by atoms with van der Waals surface area (Å²) in [5.74, 6) is 0. The molecule has 1 aromatic rings. The van der Waals surface area contributed by atoms with E-state index in [-0.39, 0.29) is 10.6 Å². The number of para-hydroxylation sites is 1. The average molecular weight is 316 g/mol. The summed E-state index contributed by atoms with van der Waals surface area (Å²) in [6.45, 7) is 3.72. The minimum Gasteiger partial charge on any atom is -0.381 e. The smallest absolute Gasteiger partial charge is 0.310 e. The summed E-state index contributed by atoms with van der Waals surface area (Å²) in [6, 6.07) is 4.22. The first kappa shape index (κ1) is 17.4. The van der Waals surface area contributed by atoms with Gasteiger partial charge in [-0.2, -0.15) is 0 Å². The first-order chi connectivity index (χ1) is 9.88. The highest BCUT2D eigenvalue weighted by molar-refractivity contribution is 7.90. The first-order valence-corrected chi connectivity index (χ1v) is 8.56. The second-order valence-corrected chi connectivity index (χ2v) is 6.56. The summed E-state index contributed by atoms with van der Waals surface area (Å²) in [5.41, 5.74) is -0.201. The van der Waals surface area contributed by atoms with E-state index < -0.39 is 20.4 Å². The van der Waals surface area contributed by atoms with Gasteiger partial charge in [0, 0.05) is 26.0 Å². The quantitative estimate of drug-likeness (QED) is 0.426. The Hall–Kier alpha value is -1.67. The molecule has 0 aromatic heterocycles. The van der Waals surface area contributed by atoms with Gasteiger partial charge in [0.15, 0.2) is 9.84 Å². The molecule has 0 atom stereocenters. The molecule has 1 rings (SSSR count). The Bertz CT molecular complexity index is 586. The molecule has 0 aliphatic carbocycles. The number of nitro benzene ring substituents is 1. The topological polar surface area (TPSA) is 98.5 Å². The largest absolute Gasteiger partial charge is 0.381 e. The molecule has 0 fully saturated rings. The van der Waals surface area contributed by atoms with Crippen molar-refractivity contribution in [1.29, 1.82) is 0 Å². The van der Waals surface area contributed by atoms with Crippen LogP contribution in [0.3, 0.4) is 0 Å². The highest BCUT2D eigenvalue weighted by atomic mass is 32.2. The summed E-state index contributed by atoms with van der Waals surface area (Å²) in [6.07, 6.45) is 2.58. The van der Waals surface area contributed by atoms with E-state index >= 15 is 0 Å². The van der Waals surface area contributed by atoms with E-state index in [0.29, 0.717) is 26.2 Å². The lowest BCUT2D eigenvalue weighted by Gasteiger charge is -2.09. The maximum absolute atomic E-state index is 11.6. The third kappa shape index (κ3) is 5.31. The van der Waals surface area contributed by atoms with Crippen LogP contribution < -0.4 is 5.32 Å².